The minimum absolute atomic E-state index is 0.0860. The molecule has 0 fully saturated rings. The zero-order valence-electron chi connectivity index (χ0n) is 19.4. The molecule has 0 bridgehead atoms. The average Bonchev–Trinajstić information content (AvgIpc) is 3.30. The van der Waals surface area contributed by atoms with Gasteiger partial charge in [0.25, 0.3) is 0 Å². The van der Waals surface area contributed by atoms with Crippen LogP contribution in [0.25, 0.3) is 0 Å². The van der Waals surface area contributed by atoms with Crippen molar-refractivity contribution in [2.24, 2.45) is 5.10 Å². The summed E-state index contributed by atoms with van der Waals surface area (Å²) in [6.07, 6.45) is 2.21. The summed E-state index contributed by atoms with van der Waals surface area (Å²) < 4.78 is 18.0. The van der Waals surface area contributed by atoms with E-state index in [1.807, 2.05) is 53.5 Å². The van der Waals surface area contributed by atoms with Crippen molar-refractivity contribution in [2.75, 3.05) is 13.7 Å². The topological polar surface area (TPSA) is 43.3 Å². The van der Waals surface area contributed by atoms with Crippen LogP contribution in [0.4, 0.5) is 0 Å². The number of hydrogen-bond donors (Lipinski definition) is 0. The van der Waals surface area contributed by atoms with Crippen LogP contribution in [0.1, 0.15) is 55.1 Å². The molecular weight excluding hydrogens is 507 g/mol. The second kappa shape index (κ2) is 10.2. The fraction of sp³-hybridized carbons (Fsp3) is 0.296. The van der Waals surface area contributed by atoms with E-state index in [1.165, 1.54) is 0 Å². The van der Waals surface area contributed by atoms with Crippen molar-refractivity contribution >= 4 is 40.5 Å². The lowest BCUT2D eigenvalue weighted by Crippen LogP contribution is -2.33. The highest BCUT2D eigenvalue weighted by atomic mass is 35.5. The molecule has 0 N–H and O–H groups in total. The van der Waals surface area contributed by atoms with Gasteiger partial charge in [0, 0.05) is 27.6 Å². The van der Waals surface area contributed by atoms with E-state index in [2.05, 4.69) is 6.92 Å². The highest BCUT2D eigenvalue weighted by Crippen LogP contribution is 2.51. The first-order chi connectivity index (χ1) is 17.0. The van der Waals surface area contributed by atoms with Crippen LogP contribution in [0.2, 0.25) is 15.1 Å². The van der Waals surface area contributed by atoms with Crippen LogP contribution in [0, 0.1) is 0 Å². The molecule has 5 rings (SSSR count). The number of hydrogen-bond acceptors (Lipinski definition) is 5. The van der Waals surface area contributed by atoms with Crippen LogP contribution in [0.15, 0.2) is 59.7 Å². The standard InChI is InChI=1S/C27H25Cl3N2O3/c1-3-4-11-34-24-10-7-17(12-25(24)33-2)27-32-23(20-13-19(29)14-21(30)26(20)35-27)15-22(31-32)16-5-8-18(28)9-6-16/h5-10,12-14,23,27H,3-4,11,15H2,1-2H3. The number of fused-ring (bicyclic) bond motifs is 3. The summed E-state index contributed by atoms with van der Waals surface area (Å²) in [5.74, 6) is 1.97. The maximum atomic E-state index is 6.59. The summed E-state index contributed by atoms with van der Waals surface area (Å²) in [5, 5.41) is 8.69. The Hall–Kier alpha value is -2.60. The highest BCUT2D eigenvalue weighted by molar-refractivity contribution is 6.35. The van der Waals surface area contributed by atoms with Crippen LogP contribution in [0.3, 0.4) is 0 Å². The minimum atomic E-state index is -0.505. The molecule has 0 aromatic heterocycles. The molecule has 0 saturated carbocycles. The molecule has 2 aliphatic heterocycles. The fourth-order valence-electron chi connectivity index (χ4n) is 4.43. The SMILES string of the molecule is CCCCOc1ccc(C2Oc3c(Cl)cc(Cl)cc3C3CC(c4ccc(Cl)cc4)=NN32)cc1OC. The second-order valence-corrected chi connectivity index (χ2v) is 9.82. The Bertz CT molecular complexity index is 1260. The molecule has 8 heteroatoms. The lowest BCUT2D eigenvalue weighted by Gasteiger charge is -2.38. The summed E-state index contributed by atoms with van der Waals surface area (Å²) >= 11 is 19.1. The van der Waals surface area contributed by atoms with Gasteiger partial charge in [-0.1, -0.05) is 60.3 Å². The summed E-state index contributed by atoms with van der Waals surface area (Å²) in [7, 11) is 1.64. The Kier molecular flexibility index (Phi) is 7.01. The van der Waals surface area contributed by atoms with Gasteiger partial charge in [-0.2, -0.15) is 5.10 Å². The van der Waals surface area contributed by atoms with Gasteiger partial charge in [0.2, 0.25) is 6.23 Å². The summed E-state index contributed by atoms with van der Waals surface area (Å²) in [4.78, 5) is 0. The van der Waals surface area contributed by atoms with Crippen molar-refractivity contribution < 1.29 is 14.2 Å². The van der Waals surface area contributed by atoms with Gasteiger partial charge in [-0.15, -0.1) is 0 Å². The van der Waals surface area contributed by atoms with Crippen LogP contribution >= 0.6 is 34.8 Å². The number of methoxy groups -OCH3 is 1. The number of ether oxygens (including phenoxy) is 3. The quantitative estimate of drug-likeness (QED) is 0.289. The van der Waals surface area contributed by atoms with E-state index in [0.29, 0.717) is 45.3 Å². The molecule has 0 radical (unpaired) electrons. The van der Waals surface area contributed by atoms with Crippen molar-refractivity contribution in [2.45, 2.75) is 38.5 Å². The fourth-order valence-corrected chi connectivity index (χ4v) is 5.11. The van der Waals surface area contributed by atoms with Crippen LogP contribution in [0.5, 0.6) is 17.2 Å². The number of unbranched alkanes of at least 4 members (excludes halogenated alkanes) is 1. The monoisotopic (exact) mass is 530 g/mol. The van der Waals surface area contributed by atoms with Crippen LogP contribution < -0.4 is 14.2 Å². The van der Waals surface area contributed by atoms with E-state index in [9.17, 15) is 0 Å². The molecule has 35 heavy (non-hydrogen) atoms. The van der Waals surface area contributed by atoms with Crippen molar-refractivity contribution in [1.29, 1.82) is 0 Å². The highest BCUT2D eigenvalue weighted by Gasteiger charge is 2.42. The van der Waals surface area contributed by atoms with Gasteiger partial charge in [0.1, 0.15) is 5.75 Å². The predicted octanol–water partition coefficient (Wildman–Crippen LogP) is 8.08. The molecule has 2 unspecified atom stereocenters. The van der Waals surface area contributed by atoms with Crippen molar-refractivity contribution in [3.8, 4) is 17.2 Å². The lowest BCUT2D eigenvalue weighted by molar-refractivity contribution is -0.0190. The third-order valence-corrected chi connectivity index (χ3v) is 6.96. The molecular formula is C27H25Cl3N2O3. The Balaban J connectivity index is 1.55. The van der Waals surface area contributed by atoms with E-state index in [-0.39, 0.29) is 6.04 Å². The third-order valence-electron chi connectivity index (χ3n) is 6.21. The van der Waals surface area contributed by atoms with Gasteiger partial charge in [0.15, 0.2) is 11.5 Å². The van der Waals surface area contributed by atoms with Gasteiger partial charge in [-0.05, 0) is 54.4 Å². The minimum Gasteiger partial charge on any atom is -0.493 e. The summed E-state index contributed by atoms with van der Waals surface area (Å²) in [5.41, 5.74) is 3.75. The number of rotatable bonds is 7. The van der Waals surface area contributed by atoms with Gasteiger partial charge in [0.05, 0.1) is 30.5 Å². The molecule has 2 atom stereocenters. The normalized spacial score (nSPS) is 18.4. The lowest BCUT2D eigenvalue weighted by atomic mass is 9.96. The zero-order chi connectivity index (χ0) is 24.5. The van der Waals surface area contributed by atoms with E-state index in [1.54, 1.807) is 13.2 Å². The first kappa shape index (κ1) is 24.1. The predicted molar refractivity (Wildman–Crippen MR) is 140 cm³/mol. The Labute approximate surface area is 220 Å². The first-order valence-corrected chi connectivity index (χ1v) is 12.7. The Morgan fingerprint density at radius 1 is 1.00 bits per heavy atom. The van der Waals surface area contributed by atoms with Crippen molar-refractivity contribution in [3.63, 3.8) is 0 Å². The van der Waals surface area contributed by atoms with Gasteiger partial charge < -0.3 is 14.2 Å². The number of hydrazone groups is 1. The molecule has 0 aliphatic carbocycles. The Morgan fingerprint density at radius 3 is 2.54 bits per heavy atom. The van der Waals surface area contributed by atoms with Crippen LogP contribution in [-0.4, -0.2) is 24.4 Å². The number of nitrogens with zero attached hydrogens (tertiary/aromatic N) is 2. The summed E-state index contributed by atoms with van der Waals surface area (Å²) in [6, 6.07) is 17.1. The first-order valence-electron chi connectivity index (χ1n) is 11.6. The van der Waals surface area contributed by atoms with Gasteiger partial charge in [-0.25, -0.2) is 5.01 Å². The number of benzene rings is 3. The van der Waals surface area contributed by atoms with Crippen LogP contribution in [-0.2, 0) is 0 Å². The largest absolute Gasteiger partial charge is 0.493 e. The molecule has 5 nitrogen and oxygen atoms in total. The van der Waals surface area contributed by atoms with Gasteiger partial charge >= 0.3 is 0 Å². The molecule has 2 heterocycles. The van der Waals surface area contributed by atoms with Crippen molar-refractivity contribution in [3.05, 3.63) is 86.4 Å². The van der Waals surface area contributed by atoms with E-state index in [4.69, 9.17) is 54.1 Å². The smallest absolute Gasteiger partial charge is 0.214 e. The summed E-state index contributed by atoms with van der Waals surface area (Å²) in [6.45, 7) is 2.77. The number of halogens is 3. The van der Waals surface area contributed by atoms with E-state index >= 15 is 0 Å². The molecule has 2 aliphatic rings. The molecule has 182 valence electrons. The van der Waals surface area contributed by atoms with Gasteiger partial charge in [-0.3, -0.25) is 0 Å². The van der Waals surface area contributed by atoms with E-state index in [0.717, 1.165) is 35.2 Å². The average molecular weight is 532 g/mol. The molecule has 0 amide bonds. The second-order valence-electron chi connectivity index (χ2n) is 8.54. The van der Waals surface area contributed by atoms with E-state index < -0.39 is 6.23 Å². The molecule has 0 saturated heterocycles. The Morgan fingerprint density at radius 2 is 1.80 bits per heavy atom. The zero-order valence-corrected chi connectivity index (χ0v) is 21.7. The van der Waals surface area contributed by atoms with Crippen molar-refractivity contribution in [1.82, 2.24) is 5.01 Å². The maximum Gasteiger partial charge on any atom is 0.214 e. The third kappa shape index (κ3) is 4.77. The molecule has 0 spiro atoms. The molecule has 3 aromatic rings. The maximum absolute atomic E-state index is 6.59. The molecule has 3 aromatic carbocycles.